The van der Waals surface area contributed by atoms with E-state index in [0.717, 1.165) is 16.8 Å². The highest BCUT2D eigenvalue weighted by molar-refractivity contribution is 6.00. The second-order valence-corrected chi connectivity index (χ2v) is 7.90. The van der Waals surface area contributed by atoms with Crippen LogP contribution in [0.4, 0.5) is 0 Å². The van der Waals surface area contributed by atoms with Gasteiger partial charge in [0, 0.05) is 24.8 Å². The van der Waals surface area contributed by atoms with Crippen LogP contribution in [-0.4, -0.2) is 44.9 Å². The lowest BCUT2D eigenvalue weighted by atomic mass is 10.0. The molecule has 5 nitrogen and oxygen atoms in total. The molecule has 1 aromatic heterocycles. The third kappa shape index (κ3) is 4.25. The monoisotopic (exact) mass is 389 g/mol. The molecule has 1 N–H and O–H groups in total. The lowest BCUT2D eigenvalue weighted by molar-refractivity contribution is 0.0547. The molecule has 0 unspecified atom stereocenters. The van der Waals surface area contributed by atoms with Gasteiger partial charge in [-0.25, -0.2) is 0 Å². The van der Waals surface area contributed by atoms with Gasteiger partial charge in [0.2, 0.25) is 0 Å². The number of aromatic nitrogens is 2. The number of amides is 1. The van der Waals surface area contributed by atoms with Crippen molar-refractivity contribution in [2.24, 2.45) is 0 Å². The number of aryl methyl sites for hydroxylation is 2. The van der Waals surface area contributed by atoms with Gasteiger partial charge in [0.1, 0.15) is 5.69 Å². The Morgan fingerprint density at radius 1 is 1.07 bits per heavy atom. The van der Waals surface area contributed by atoms with Crippen molar-refractivity contribution >= 4 is 5.91 Å². The number of carbonyl (C=O) groups excluding carboxylic acids is 1. The zero-order chi connectivity index (χ0) is 20.4. The fraction of sp³-hybridized carbons (Fsp3) is 0.333. The summed E-state index contributed by atoms with van der Waals surface area (Å²) in [5.41, 5.74) is 5.85. The predicted molar refractivity (Wildman–Crippen MR) is 114 cm³/mol. The molecule has 150 valence electrons. The number of piperidine rings is 1. The summed E-state index contributed by atoms with van der Waals surface area (Å²) in [6.07, 6.45) is 2.82. The van der Waals surface area contributed by atoms with Gasteiger partial charge in [-0.15, -0.1) is 0 Å². The molecule has 1 saturated heterocycles. The Balaban J connectivity index is 1.71. The summed E-state index contributed by atoms with van der Waals surface area (Å²) in [5.74, 6) is -0.00978. The molecule has 2 aromatic carbocycles. The van der Waals surface area contributed by atoms with Gasteiger partial charge in [-0.2, -0.15) is 5.10 Å². The van der Waals surface area contributed by atoms with E-state index in [1.807, 2.05) is 40.0 Å². The Morgan fingerprint density at radius 3 is 2.48 bits per heavy atom. The van der Waals surface area contributed by atoms with Gasteiger partial charge in [0.25, 0.3) is 5.91 Å². The Kier molecular flexibility index (Phi) is 5.49. The van der Waals surface area contributed by atoms with Crippen LogP contribution in [0.1, 0.15) is 39.9 Å². The fourth-order valence-electron chi connectivity index (χ4n) is 3.77. The normalized spacial score (nSPS) is 14.9. The number of rotatable bonds is 4. The van der Waals surface area contributed by atoms with E-state index in [0.29, 0.717) is 38.0 Å². The Morgan fingerprint density at radius 2 is 1.79 bits per heavy atom. The van der Waals surface area contributed by atoms with Gasteiger partial charge in [0.15, 0.2) is 0 Å². The SMILES string of the molecule is Cc1ccc(-c2nn(Cc3ccccc3)cc2C(=O)N2CCC(O)CC2)cc1C. The zero-order valence-corrected chi connectivity index (χ0v) is 17.0. The number of benzene rings is 2. The van der Waals surface area contributed by atoms with Crippen LogP contribution in [0.2, 0.25) is 0 Å². The molecule has 1 amide bonds. The molecule has 1 fully saturated rings. The molecule has 1 aliphatic rings. The second-order valence-electron chi connectivity index (χ2n) is 7.90. The molecule has 5 heteroatoms. The van der Waals surface area contributed by atoms with E-state index in [-0.39, 0.29) is 12.0 Å². The van der Waals surface area contributed by atoms with E-state index < -0.39 is 0 Å². The summed E-state index contributed by atoms with van der Waals surface area (Å²) in [6, 6.07) is 16.3. The van der Waals surface area contributed by atoms with Crippen molar-refractivity contribution in [2.45, 2.75) is 39.3 Å². The third-order valence-electron chi connectivity index (χ3n) is 5.71. The average molecular weight is 389 g/mol. The Hall–Kier alpha value is -2.92. The maximum absolute atomic E-state index is 13.3. The highest BCUT2D eigenvalue weighted by atomic mass is 16.3. The quantitative estimate of drug-likeness (QED) is 0.738. The summed E-state index contributed by atoms with van der Waals surface area (Å²) in [6.45, 7) is 5.93. The number of aliphatic hydroxyl groups excluding tert-OH is 1. The molecule has 0 radical (unpaired) electrons. The van der Waals surface area contributed by atoms with Crippen LogP contribution >= 0.6 is 0 Å². The van der Waals surface area contributed by atoms with Crippen molar-refractivity contribution in [1.29, 1.82) is 0 Å². The third-order valence-corrected chi connectivity index (χ3v) is 5.71. The van der Waals surface area contributed by atoms with Gasteiger partial charge >= 0.3 is 0 Å². The molecule has 0 saturated carbocycles. The van der Waals surface area contributed by atoms with Crippen molar-refractivity contribution in [3.05, 3.63) is 77.0 Å². The number of aliphatic hydroxyl groups is 1. The van der Waals surface area contributed by atoms with Crippen LogP contribution in [0, 0.1) is 13.8 Å². The molecule has 3 aromatic rings. The second kappa shape index (κ2) is 8.21. The number of hydrogen-bond acceptors (Lipinski definition) is 3. The molecule has 1 aliphatic heterocycles. The molecular weight excluding hydrogens is 362 g/mol. The van der Waals surface area contributed by atoms with Crippen LogP contribution in [0.25, 0.3) is 11.3 Å². The molecule has 0 aliphatic carbocycles. The molecule has 0 atom stereocenters. The predicted octanol–water partition coefficient (Wildman–Crippen LogP) is 3.81. The highest BCUT2D eigenvalue weighted by Gasteiger charge is 2.26. The first-order chi connectivity index (χ1) is 14.0. The van der Waals surface area contributed by atoms with E-state index in [1.54, 1.807) is 0 Å². The van der Waals surface area contributed by atoms with Gasteiger partial charge in [-0.1, -0.05) is 42.5 Å². The first-order valence-electron chi connectivity index (χ1n) is 10.2. The fourth-order valence-corrected chi connectivity index (χ4v) is 3.77. The largest absolute Gasteiger partial charge is 0.393 e. The van der Waals surface area contributed by atoms with E-state index in [9.17, 15) is 9.90 Å². The van der Waals surface area contributed by atoms with E-state index in [4.69, 9.17) is 5.10 Å². The lowest BCUT2D eigenvalue weighted by Gasteiger charge is -2.29. The minimum Gasteiger partial charge on any atom is -0.393 e. The number of nitrogens with zero attached hydrogens (tertiary/aromatic N) is 3. The van der Waals surface area contributed by atoms with Gasteiger partial charge < -0.3 is 10.0 Å². The smallest absolute Gasteiger partial charge is 0.257 e. The van der Waals surface area contributed by atoms with E-state index >= 15 is 0 Å². The van der Waals surface area contributed by atoms with Gasteiger partial charge in [0.05, 0.1) is 18.2 Å². The summed E-state index contributed by atoms with van der Waals surface area (Å²) in [7, 11) is 0. The highest BCUT2D eigenvalue weighted by Crippen LogP contribution is 2.27. The van der Waals surface area contributed by atoms with E-state index in [1.165, 1.54) is 11.1 Å². The van der Waals surface area contributed by atoms with Crippen LogP contribution in [-0.2, 0) is 6.54 Å². The van der Waals surface area contributed by atoms with Crippen molar-refractivity contribution in [3.63, 3.8) is 0 Å². The molecule has 0 spiro atoms. The summed E-state index contributed by atoms with van der Waals surface area (Å²) >= 11 is 0. The number of carbonyl (C=O) groups is 1. The topological polar surface area (TPSA) is 58.4 Å². The average Bonchev–Trinajstić information content (AvgIpc) is 3.14. The first-order valence-corrected chi connectivity index (χ1v) is 10.2. The van der Waals surface area contributed by atoms with Crippen LogP contribution in [0.3, 0.4) is 0 Å². The molecule has 2 heterocycles. The van der Waals surface area contributed by atoms with Crippen molar-refractivity contribution < 1.29 is 9.90 Å². The zero-order valence-electron chi connectivity index (χ0n) is 17.0. The van der Waals surface area contributed by atoms with Gasteiger partial charge in [-0.05, 0) is 49.4 Å². The molecule has 4 rings (SSSR count). The van der Waals surface area contributed by atoms with Crippen LogP contribution in [0.15, 0.2) is 54.7 Å². The first kappa shape index (κ1) is 19.4. The maximum atomic E-state index is 13.3. The standard InChI is InChI=1S/C24H27N3O2/c1-17-8-9-20(14-18(17)2)23-22(24(29)26-12-10-21(28)11-13-26)16-27(25-23)15-19-6-4-3-5-7-19/h3-9,14,16,21,28H,10-13,15H2,1-2H3. The van der Waals surface area contributed by atoms with Crippen LogP contribution in [0.5, 0.6) is 0 Å². The maximum Gasteiger partial charge on any atom is 0.257 e. The summed E-state index contributed by atoms with van der Waals surface area (Å²) < 4.78 is 1.85. The minimum absolute atomic E-state index is 0.00978. The summed E-state index contributed by atoms with van der Waals surface area (Å²) in [4.78, 5) is 15.1. The van der Waals surface area contributed by atoms with Crippen molar-refractivity contribution in [2.75, 3.05) is 13.1 Å². The van der Waals surface area contributed by atoms with Crippen molar-refractivity contribution in [3.8, 4) is 11.3 Å². The minimum atomic E-state index is -0.306. The molecular formula is C24H27N3O2. The van der Waals surface area contributed by atoms with Crippen LogP contribution < -0.4 is 0 Å². The van der Waals surface area contributed by atoms with Crippen molar-refractivity contribution in [1.82, 2.24) is 14.7 Å². The number of hydrogen-bond donors (Lipinski definition) is 1. The molecule has 0 bridgehead atoms. The van der Waals surface area contributed by atoms with Gasteiger partial charge in [-0.3, -0.25) is 9.48 Å². The van der Waals surface area contributed by atoms with E-state index in [2.05, 4.69) is 38.1 Å². The summed E-state index contributed by atoms with van der Waals surface area (Å²) in [5, 5.41) is 14.6. The number of likely N-dealkylation sites (tertiary alicyclic amines) is 1. The lowest BCUT2D eigenvalue weighted by Crippen LogP contribution is -2.40. The molecule has 29 heavy (non-hydrogen) atoms. The Labute approximate surface area is 171 Å². The Bertz CT molecular complexity index is 1000.